The number of hydrogen-bond acceptors (Lipinski definition) is 5. The fourth-order valence-corrected chi connectivity index (χ4v) is 5.32. The van der Waals surface area contributed by atoms with E-state index in [0.29, 0.717) is 24.8 Å². The molecule has 3 aromatic rings. The first-order chi connectivity index (χ1) is 15.2. The van der Waals surface area contributed by atoms with Crippen molar-refractivity contribution in [1.29, 1.82) is 0 Å². The molecule has 31 heavy (non-hydrogen) atoms. The lowest BCUT2D eigenvalue weighted by molar-refractivity contribution is -0.129. The topological polar surface area (TPSA) is 62.7 Å². The predicted octanol–water partition coefficient (Wildman–Crippen LogP) is 3.86. The van der Waals surface area contributed by atoms with E-state index in [2.05, 4.69) is 0 Å². The average molecular weight is 436 g/mol. The van der Waals surface area contributed by atoms with Gasteiger partial charge in [-0.2, -0.15) is 0 Å². The third-order valence-electron chi connectivity index (χ3n) is 5.97. The Labute approximate surface area is 185 Å². The smallest absolute Gasteiger partial charge is 0.234 e. The van der Waals surface area contributed by atoms with Gasteiger partial charge in [0.2, 0.25) is 11.8 Å². The maximum Gasteiger partial charge on any atom is 0.234 e. The summed E-state index contributed by atoms with van der Waals surface area (Å²) in [6.07, 6.45) is 2.23. The summed E-state index contributed by atoms with van der Waals surface area (Å²) < 4.78 is 6.87. The number of rotatable bonds is 6. The Hall–Kier alpha value is -2.77. The number of benzene rings is 2. The summed E-state index contributed by atoms with van der Waals surface area (Å²) in [6, 6.07) is 17.8. The number of anilines is 1. The minimum Gasteiger partial charge on any atom is -0.376 e. The number of amides is 2. The van der Waals surface area contributed by atoms with Gasteiger partial charge in [-0.05, 0) is 30.5 Å². The van der Waals surface area contributed by atoms with Crippen LogP contribution in [0, 0.1) is 5.92 Å². The zero-order chi connectivity index (χ0) is 21.2. The highest BCUT2D eigenvalue weighted by Crippen LogP contribution is 2.32. The van der Waals surface area contributed by atoms with Crippen molar-refractivity contribution in [2.45, 2.75) is 31.9 Å². The van der Waals surface area contributed by atoms with Crippen LogP contribution in [0.2, 0.25) is 0 Å². The van der Waals surface area contributed by atoms with Gasteiger partial charge in [-0.3, -0.25) is 14.5 Å². The molecule has 2 atom stereocenters. The van der Waals surface area contributed by atoms with Crippen molar-refractivity contribution in [3.8, 4) is 0 Å². The first-order valence-corrected chi connectivity index (χ1v) is 11.6. The monoisotopic (exact) mass is 435 g/mol. The molecule has 2 fully saturated rings. The van der Waals surface area contributed by atoms with Crippen molar-refractivity contribution >= 4 is 38.5 Å². The lowest BCUT2D eigenvalue weighted by Crippen LogP contribution is -2.42. The number of aromatic nitrogens is 1. The molecular weight excluding hydrogens is 410 g/mol. The maximum absolute atomic E-state index is 13.6. The average Bonchev–Trinajstić information content (AvgIpc) is 3.52. The molecule has 0 N–H and O–H groups in total. The Balaban J connectivity index is 1.36. The van der Waals surface area contributed by atoms with Gasteiger partial charge in [0.1, 0.15) is 0 Å². The van der Waals surface area contributed by atoms with E-state index in [1.54, 1.807) is 9.80 Å². The molecular formula is C24H25N3O3S. The summed E-state index contributed by atoms with van der Waals surface area (Å²) in [7, 11) is 0. The molecule has 160 valence electrons. The van der Waals surface area contributed by atoms with Gasteiger partial charge in [0.25, 0.3) is 0 Å². The number of likely N-dealkylation sites (tertiary alicyclic amines) is 1. The van der Waals surface area contributed by atoms with Crippen LogP contribution >= 0.6 is 11.3 Å². The first-order valence-electron chi connectivity index (χ1n) is 10.8. The summed E-state index contributed by atoms with van der Waals surface area (Å²) in [5, 5.41) is 0.690. The molecule has 0 spiro atoms. The molecule has 2 saturated heterocycles. The number of hydrogen-bond donors (Lipinski definition) is 0. The number of carbonyl (C=O) groups is 2. The lowest BCUT2D eigenvalue weighted by Gasteiger charge is -2.25. The molecule has 0 radical (unpaired) electrons. The van der Waals surface area contributed by atoms with E-state index in [1.807, 2.05) is 54.6 Å². The third-order valence-corrected chi connectivity index (χ3v) is 7.03. The van der Waals surface area contributed by atoms with Crippen LogP contribution in [0.3, 0.4) is 0 Å². The van der Waals surface area contributed by atoms with Crippen molar-refractivity contribution in [3.63, 3.8) is 0 Å². The number of ether oxygens (including phenoxy) is 1. The van der Waals surface area contributed by atoms with Crippen molar-refractivity contribution in [2.75, 3.05) is 24.6 Å². The largest absolute Gasteiger partial charge is 0.376 e. The van der Waals surface area contributed by atoms with Crippen LogP contribution in [0.15, 0.2) is 54.6 Å². The number of nitrogens with zero attached hydrogens (tertiary/aromatic N) is 3. The Morgan fingerprint density at radius 3 is 2.74 bits per heavy atom. The maximum atomic E-state index is 13.6. The van der Waals surface area contributed by atoms with E-state index in [-0.39, 0.29) is 30.3 Å². The van der Waals surface area contributed by atoms with Gasteiger partial charge in [-0.25, -0.2) is 4.98 Å². The summed E-state index contributed by atoms with van der Waals surface area (Å²) in [6.45, 7) is 2.21. The van der Waals surface area contributed by atoms with Crippen molar-refractivity contribution in [2.24, 2.45) is 5.92 Å². The van der Waals surface area contributed by atoms with E-state index in [9.17, 15) is 9.59 Å². The summed E-state index contributed by atoms with van der Waals surface area (Å²) in [5.41, 5.74) is 1.96. The molecule has 2 aliphatic rings. The van der Waals surface area contributed by atoms with Crippen molar-refractivity contribution in [1.82, 2.24) is 9.88 Å². The minimum absolute atomic E-state index is 0.0217. The molecule has 2 aromatic carbocycles. The molecule has 5 rings (SSSR count). The van der Waals surface area contributed by atoms with E-state index in [0.717, 1.165) is 35.2 Å². The molecule has 7 heteroatoms. The molecule has 6 nitrogen and oxygen atoms in total. The number of carbonyl (C=O) groups excluding carboxylic acids is 2. The standard InChI is InChI=1S/C24H25N3O3S/c28-22-13-18(15-26(22)14-17-7-2-1-3-8-17)23(29)27(16-19-9-6-12-30-19)24-25-20-10-4-5-11-21(20)31-24/h1-5,7-8,10-11,18-19H,6,9,12-16H2/t18-,19-/m1/s1. The van der Waals surface area contributed by atoms with Gasteiger partial charge in [0, 0.05) is 26.1 Å². The highest BCUT2D eigenvalue weighted by molar-refractivity contribution is 7.22. The highest BCUT2D eigenvalue weighted by Gasteiger charge is 2.38. The van der Waals surface area contributed by atoms with Gasteiger partial charge >= 0.3 is 0 Å². The molecule has 0 aliphatic carbocycles. The fraction of sp³-hybridized carbons (Fsp3) is 0.375. The molecule has 1 aromatic heterocycles. The number of fused-ring (bicyclic) bond motifs is 1. The molecule has 2 aliphatic heterocycles. The molecule has 2 amide bonds. The number of para-hydroxylation sites is 1. The van der Waals surface area contributed by atoms with Gasteiger partial charge in [0.05, 0.1) is 28.8 Å². The van der Waals surface area contributed by atoms with Gasteiger partial charge in [-0.15, -0.1) is 0 Å². The minimum atomic E-state index is -0.357. The Kier molecular flexibility index (Phi) is 5.70. The quantitative estimate of drug-likeness (QED) is 0.590. The summed E-state index contributed by atoms with van der Waals surface area (Å²) in [4.78, 5) is 34.6. The van der Waals surface area contributed by atoms with Crippen LogP contribution in [0.5, 0.6) is 0 Å². The Morgan fingerprint density at radius 1 is 1.16 bits per heavy atom. The molecule has 0 bridgehead atoms. The Morgan fingerprint density at radius 2 is 1.97 bits per heavy atom. The zero-order valence-corrected chi connectivity index (χ0v) is 18.1. The van der Waals surface area contributed by atoms with Crippen molar-refractivity contribution in [3.05, 3.63) is 60.2 Å². The highest BCUT2D eigenvalue weighted by atomic mass is 32.1. The molecule has 0 saturated carbocycles. The van der Waals surface area contributed by atoms with E-state index in [4.69, 9.17) is 9.72 Å². The van der Waals surface area contributed by atoms with Crippen LogP contribution in [0.4, 0.5) is 5.13 Å². The molecule has 0 unspecified atom stereocenters. The summed E-state index contributed by atoms with van der Waals surface area (Å²) in [5.74, 6) is -0.355. The Bertz CT molecular complexity index is 1040. The lowest BCUT2D eigenvalue weighted by atomic mass is 10.1. The van der Waals surface area contributed by atoms with Crippen LogP contribution in [-0.4, -0.2) is 47.5 Å². The van der Waals surface area contributed by atoms with Crippen LogP contribution in [0.1, 0.15) is 24.8 Å². The predicted molar refractivity (Wildman–Crippen MR) is 121 cm³/mol. The fourth-order valence-electron chi connectivity index (χ4n) is 4.34. The third kappa shape index (κ3) is 4.34. The summed E-state index contributed by atoms with van der Waals surface area (Å²) >= 11 is 1.52. The van der Waals surface area contributed by atoms with Crippen LogP contribution < -0.4 is 4.90 Å². The van der Waals surface area contributed by atoms with E-state index in [1.165, 1.54) is 11.3 Å². The van der Waals surface area contributed by atoms with Gasteiger partial charge in [-0.1, -0.05) is 53.8 Å². The second kappa shape index (κ2) is 8.77. The number of thiazole rings is 1. The SMILES string of the molecule is O=C1C[C@@H](C(=O)N(C[C@H]2CCCO2)c2nc3ccccc3s2)CN1Cc1ccccc1. The van der Waals surface area contributed by atoms with Crippen LogP contribution in [0.25, 0.3) is 10.2 Å². The molecule has 3 heterocycles. The van der Waals surface area contributed by atoms with E-state index >= 15 is 0 Å². The normalized spacial score (nSPS) is 21.2. The second-order valence-electron chi connectivity index (χ2n) is 8.21. The second-order valence-corrected chi connectivity index (χ2v) is 9.22. The first kappa shape index (κ1) is 20.2. The van der Waals surface area contributed by atoms with Crippen molar-refractivity contribution < 1.29 is 14.3 Å². The van der Waals surface area contributed by atoms with Crippen LogP contribution in [-0.2, 0) is 20.9 Å². The van der Waals surface area contributed by atoms with Gasteiger partial charge < -0.3 is 9.64 Å². The zero-order valence-electron chi connectivity index (χ0n) is 17.3. The van der Waals surface area contributed by atoms with Gasteiger partial charge in [0.15, 0.2) is 5.13 Å². The van der Waals surface area contributed by atoms with E-state index < -0.39 is 0 Å².